The van der Waals surface area contributed by atoms with Gasteiger partial charge in [-0.3, -0.25) is 0 Å². The number of benzene rings is 1. The van der Waals surface area contributed by atoms with Crippen LogP contribution in [0.15, 0.2) is 18.2 Å². The fourth-order valence-electron chi connectivity index (χ4n) is 3.82. The zero-order valence-corrected chi connectivity index (χ0v) is 14.6. The monoisotopic (exact) mass is 287 g/mol. The van der Waals surface area contributed by atoms with Gasteiger partial charge in [0.15, 0.2) is 0 Å². The lowest BCUT2D eigenvalue weighted by Gasteiger charge is -2.38. The summed E-state index contributed by atoms with van der Waals surface area (Å²) in [6.07, 6.45) is 5.34. The fourth-order valence-corrected chi connectivity index (χ4v) is 3.82. The molecule has 1 aliphatic rings. The molecule has 0 spiro atoms. The predicted octanol–water partition coefficient (Wildman–Crippen LogP) is 5.42. The highest BCUT2D eigenvalue weighted by molar-refractivity contribution is 5.33. The van der Waals surface area contributed by atoms with E-state index in [0.29, 0.717) is 6.04 Å². The highest BCUT2D eigenvalue weighted by Crippen LogP contribution is 2.40. The molecule has 0 saturated heterocycles. The summed E-state index contributed by atoms with van der Waals surface area (Å²) in [5.74, 6) is 2.55. The van der Waals surface area contributed by atoms with Gasteiger partial charge in [-0.05, 0) is 68.5 Å². The molecule has 0 amide bonds. The molecule has 0 aromatic heterocycles. The van der Waals surface area contributed by atoms with E-state index in [1.54, 1.807) is 0 Å². The summed E-state index contributed by atoms with van der Waals surface area (Å²) in [4.78, 5) is 0. The Kier molecular flexibility index (Phi) is 5.87. The van der Waals surface area contributed by atoms with Crippen LogP contribution in [-0.4, -0.2) is 6.54 Å². The highest BCUT2D eigenvalue weighted by Gasteiger charge is 2.31. The van der Waals surface area contributed by atoms with Crippen molar-refractivity contribution in [3.63, 3.8) is 0 Å². The highest BCUT2D eigenvalue weighted by atomic mass is 14.9. The number of hydrogen-bond donors (Lipinski definition) is 1. The lowest BCUT2D eigenvalue weighted by molar-refractivity contribution is 0.171. The van der Waals surface area contributed by atoms with Crippen molar-refractivity contribution in [2.45, 2.75) is 66.3 Å². The van der Waals surface area contributed by atoms with Crippen LogP contribution in [-0.2, 0) is 0 Å². The van der Waals surface area contributed by atoms with Gasteiger partial charge in [-0.15, -0.1) is 0 Å². The molecule has 0 bridgehead atoms. The third-order valence-corrected chi connectivity index (χ3v) is 5.49. The van der Waals surface area contributed by atoms with Gasteiger partial charge in [-0.25, -0.2) is 0 Å². The van der Waals surface area contributed by atoms with E-state index in [1.807, 2.05) is 0 Å². The van der Waals surface area contributed by atoms with E-state index in [0.717, 1.165) is 24.3 Å². The molecule has 0 heterocycles. The maximum Gasteiger partial charge on any atom is 0.0351 e. The lowest BCUT2D eigenvalue weighted by atomic mass is 9.71. The summed E-state index contributed by atoms with van der Waals surface area (Å²) in [6, 6.07) is 7.48. The van der Waals surface area contributed by atoms with E-state index >= 15 is 0 Å². The summed E-state index contributed by atoms with van der Waals surface area (Å²) >= 11 is 0. The van der Waals surface area contributed by atoms with Crippen molar-refractivity contribution >= 4 is 0 Å². The molecule has 4 unspecified atom stereocenters. The second kappa shape index (κ2) is 7.45. The third-order valence-electron chi connectivity index (χ3n) is 5.49. The Morgan fingerprint density at radius 3 is 2.57 bits per heavy atom. The van der Waals surface area contributed by atoms with Gasteiger partial charge >= 0.3 is 0 Å². The van der Waals surface area contributed by atoms with Crippen LogP contribution in [0.1, 0.15) is 69.2 Å². The molecule has 1 N–H and O–H groups in total. The molecule has 1 saturated carbocycles. The average molecular weight is 287 g/mol. The Morgan fingerprint density at radius 2 is 1.90 bits per heavy atom. The molecule has 1 aromatic carbocycles. The Hall–Kier alpha value is -0.820. The molecule has 4 atom stereocenters. The van der Waals surface area contributed by atoms with Crippen LogP contribution < -0.4 is 5.32 Å². The first-order valence-electron chi connectivity index (χ1n) is 8.83. The van der Waals surface area contributed by atoms with Crippen molar-refractivity contribution in [3.05, 3.63) is 34.9 Å². The standard InChI is InChI=1S/C20H33N/c1-6-11-21-20(18-10-9-15(3)17(5)13-18)19-12-14(2)7-8-16(19)4/h7-8,12,15,17-18,20-21H,6,9-11,13H2,1-5H3. The van der Waals surface area contributed by atoms with Gasteiger partial charge in [-0.2, -0.15) is 0 Å². The first-order chi connectivity index (χ1) is 10.0. The fraction of sp³-hybridized carbons (Fsp3) is 0.700. The van der Waals surface area contributed by atoms with Crippen LogP contribution in [0.3, 0.4) is 0 Å². The zero-order chi connectivity index (χ0) is 15.4. The molecule has 1 fully saturated rings. The van der Waals surface area contributed by atoms with Gasteiger partial charge in [0, 0.05) is 6.04 Å². The van der Waals surface area contributed by atoms with Crippen molar-refractivity contribution in [3.8, 4) is 0 Å². The predicted molar refractivity (Wildman–Crippen MR) is 92.6 cm³/mol. The SMILES string of the molecule is CCCNC(c1cc(C)ccc1C)C1CCC(C)C(C)C1. The maximum absolute atomic E-state index is 3.86. The van der Waals surface area contributed by atoms with Crippen LogP contribution in [0.5, 0.6) is 0 Å². The summed E-state index contributed by atoms with van der Waals surface area (Å²) in [5, 5.41) is 3.86. The van der Waals surface area contributed by atoms with E-state index in [9.17, 15) is 0 Å². The minimum absolute atomic E-state index is 0.541. The number of nitrogens with one attached hydrogen (secondary N) is 1. The van der Waals surface area contributed by atoms with Crippen molar-refractivity contribution < 1.29 is 0 Å². The molecule has 1 heteroatoms. The quantitative estimate of drug-likeness (QED) is 0.763. The van der Waals surface area contributed by atoms with E-state index < -0.39 is 0 Å². The number of aryl methyl sites for hydroxylation is 2. The molecule has 0 aliphatic heterocycles. The molecular weight excluding hydrogens is 254 g/mol. The molecular formula is C20H33N. The molecule has 1 aliphatic carbocycles. The summed E-state index contributed by atoms with van der Waals surface area (Å²) in [5.41, 5.74) is 4.37. The van der Waals surface area contributed by atoms with Crippen molar-refractivity contribution in [1.82, 2.24) is 5.32 Å². The van der Waals surface area contributed by atoms with Gasteiger partial charge in [-0.1, -0.05) is 51.0 Å². The average Bonchev–Trinajstić information content (AvgIpc) is 2.46. The Bertz CT molecular complexity index is 451. The summed E-state index contributed by atoms with van der Waals surface area (Å²) < 4.78 is 0. The van der Waals surface area contributed by atoms with E-state index in [1.165, 1.54) is 42.4 Å². The minimum Gasteiger partial charge on any atom is -0.310 e. The van der Waals surface area contributed by atoms with Gasteiger partial charge in [0.25, 0.3) is 0 Å². The molecule has 0 radical (unpaired) electrons. The van der Waals surface area contributed by atoms with Crippen molar-refractivity contribution in [1.29, 1.82) is 0 Å². The lowest BCUT2D eigenvalue weighted by Crippen LogP contribution is -2.34. The van der Waals surface area contributed by atoms with Gasteiger partial charge in [0.05, 0.1) is 0 Å². The van der Waals surface area contributed by atoms with Crippen LogP contribution in [0.2, 0.25) is 0 Å². The third kappa shape index (κ3) is 4.10. The van der Waals surface area contributed by atoms with Gasteiger partial charge in [0.1, 0.15) is 0 Å². The topological polar surface area (TPSA) is 12.0 Å². The first kappa shape index (κ1) is 16.5. The molecule has 21 heavy (non-hydrogen) atoms. The van der Waals surface area contributed by atoms with Gasteiger partial charge < -0.3 is 5.32 Å². The second-order valence-corrected chi connectivity index (χ2v) is 7.32. The summed E-state index contributed by atoms with van der Waals surface area (Å²) in [6.45, 7) is 12.7. The molecule has 1 aromatic rings. The Labute approximate surface area is 131 Å². The normalized spacial score (nSPS) is 27.6. The number of rotatable bonds is 5. The van der Waals surface area contributed by atoms with Crippen LogP contribution in [0, 0.1) is 31.6 Å². The second-order valence-electron chi connectivity index (χ2n) is 7.32. The zero-order valence-electron chi connectivity index (χ0n) is 14.6. The van der Waals surface area contributed by atoms with E-state index in [-0.39, 0.29) is 0 Å². The first-order valence-corrected chi connectivity index (χ1v) is 8.83. The largest absolute Gasteiger partial charge is 0.310 e. The Balaban J connectivity index is 2.23. The van der Waals surface area contributed by atoms with E-state index in [4.69, 9.17) is 0 Å². The van der Waals surface area contributed by atoms with Crippen molar-refractivity contribution in [2.24, 2.45) is 17.8 Å². The van der Waals surface area contributed by atoms with Crippen molar-refractivity contribution in [2.75, 3.05) is 6.54 Å². The van der Waals surface area contributed by atoms with E-state index in [2.05, 4.69) is 58.1 Å². The minimum atomic E-state index is 0.541. The maximum atomic E-state index is 3.86. The molecule has 2 rings (SSSR count). The molecule has 1 nitrogen and oxygen atoms in total. The summed E-state index contributed by atoms with van der Waals surface area (Å²) in [7, 11) is 0. The Morgan fingerprint density at radius 1 is 1.14 bits per heavy atom. The van der Waals surface area contributed by atoms with Gasteiger partial charge in [0.2, 0.25) is 0 Å². The number of hydrogen-bond acceptors (Lipinski definition) is 1. The van der Waals surface area contributed by atoms with Crippen LogP contribution in [0.4, 0.5) is 0 Å². The molecule has 118 valence electrons. The van der Waals surface area contributed by atoms with Crippen LogP contribution >= 0.6 is 0 Å². The smallest absolute Gasteiger partial charge is 0.0351 e. The van der Waals surface area contributed by atoms with Crippen LogP contribution in [0.25, 0.3) is 0 Å².